The lowest BCUT2D eigenvalue weighted by molar-refractivity contribution is -0.134. The number of hydrogen-bond acceptors (Lipinski definition) is 2. The van der Waals surface area contributed by atoms with Gasteiger partial charge >= 0.3 is 5.97 Å². The Kier molecular flexibility index (Phi) is 3.56. The summed E-state index contributed by atoms with van der Waals surface area (Å²) in [6.07, 6.45) is -2.23. The third-order valence-electron chi connectivity index (χ3n) is 1.65. The number of benzene rings is 1. The number of hydrogen-bond donors (Lipinski definition) is 0. The Hall–Kier alpha value is -1.45. The highest BCUT2D eigenvalue weighted by atomic mass is 19.3. The largest absolute Gasteiger partial charge is 0.427 e. The smallest absolute Gasteiger partial charge is 0.310 e. The molecule has 0 aliphatic heterocycles. The Morgan fingerprint density at radius 1 is 1.36 bits per heavy atom. The predicted octanol–water partition coefficient (Wildman–Crippen LogP) is 2.94. The molecule has 14 heavy (non-hydrogen) atoms. The van der Waals surface area contributed by atoms with Crippen LogP contribution < -0.4 is 4.74 Å². The van der Waals surface area contributed by atoms with Crippen LogP contribution in [0.2, 0.25) is 0 Å². The van der Waals surface area contributed by atoms with Gasteiger partial charge in [0.05, 0.1) is 0 Å². The second kappa shape index (κ2) is 4.69. The first kappa shape index (κ1) is 10.6. The molecule has 1 aromatic carbocycles. The van der Waals surface area contributed by atoms with Crippen LogP contribution in [-0.2, 0) is 4.79 Å². The van der Waals surface area contributed by atoms with Crippen LogP contribution in [0, 0.1) is 0 Å². The highest BCUT2D eigenvalue weighted by Gasteiger charge is 2.07. The van der Waals surface area contributed by atoms with E-state index in [0.29, 0.717) is 5.75 Å². The van der Waals surface area contributed by atoms with Crippen molar-refractivity contribution in [1.82, 2.24) is 0 Å². The quantitative estimate of drug-likeness (QED) is 0.553. The summed E-state index contributed by atoms with van der Waals surface area (Å²) in [4.78, 5) is 10.8. The molecule has 1 rings (SSSR count). The third kappa shape index (κ3) is 2.80. The van der Waals surface area contributed by atoms with Gasteiger partial charge in [-0.3, -0.25) is 4.79 Å². The summed E-state index contributed by atoms with van der Waals surface area (Å²) in [6, 6.07) is 5.19. The Morgan fingerprint density at radius 3 is 2.36 bits per heavy atom. The molecule has 0 aliphatic carbocycles. The molecule has 0 N–H and O–H groups in total. The average Bonchev–Trinajstić information content (AvgIpc) is 2.18. The van der Waals surface area contributed by atoms with Gasteiger partial charge in [0.25, 0.3) is 6.43 Å². The maximum Gasteiger partial charge on any atom is 0.310 e. The summed E-state index contributed by atoms with van der Waals surface area (Å²) in [7, 11) is 0. The SMILES string of the molecule is CCC(=O)Oc1ccc(C(F)F)cc1. The van der Waals surface area contributed by atoms with Crippen molar-refractivity contribution in [2.45, 2.75) is 19.8 Å². The lowest BCUT2D eigenvalue weighted by Crippen LogP contribution is -2.05. The number of rotatable bonds is 3. The molecule has 0 bridgehead atoms. The average molecular weight is 200 g/mol. The number of esters is 1. The molecule has 0 aliphatic rings. The highest BCUT2D eigenvalue weighted by molar-refractivity contribution is 5.71. The fourth-order valence-electron chi connectivity index (χ4n) is 0.885. The van der Waals surface area contributed by atoms with E-state index in [2.05, 4.69) is 0 Å². The van der Waals surface area contributed by atoms with Crippen LogP contribution >= 0.6 is 0 Å². The van der Waals surface area contributed by atoms with E-state index in [1.807, 2.05) is 0 Å². The summed E-state index contributed by atoms with van der Waals surface area (Å²) in [6.45, 7) is 1.66. The van der Waals surface area contributed by atoms with Gasteiger partial charge < -0.3 is 4.74 Å². The summed E-state index contributed by atoms with van der Waals surface area (Å²) in [5, 5.41) is 0. The minimum Gasteiger partial charge on any atom is -0.427 e. The maximum atomic E-state index is 12.1. The van der Waals surface area contributed by atoms with Crippen molar-refractivity contribution in [3.63, 3.8) is 0 Å². The monoisotopic (exact) mass is 200 g/mol. The number of halogens is 2. The van der Waals surface area contributed by atoms with Gasteiger partial charge in [-0.05, 0) is 24.3 Å². The first-order valence-corrected chi connectivity index (χ1v) is 4.22. The van der Waals surface area contributed by atoms with Gasteiger partial charge in [-0.25, -0.2) is 8.78 Å². The molecule has 0 unspecified atom stereocenters. The van der Waals surface area contributed by atoms with Gasteiger partial charge in [-0.1, -0.05) is 6.92 Å². The van der Waals surface area contributed by atoms with Crippen LogP contribution in [-0.4, -0.2) is 5.97 Å². The second-order valence-corrected chi connectivity index (χ2v) is 2.70. The Bertz CT molecular complexity index is 306. The molecule has 0 heterocycles. The molecule has 0 aromatic heterocycles. The van der Waals surface area contributed by atoms with Gasteiger partial charge in [0.15, 0.2) is 0 Å². The molecule has 0 atom stereocenters. The van der Waals surface area contributed by atoms with E-state index < -0.39 is 6.43 Å². The molecule has 2 nitrogen and oxygen atoms in total. The zero-order chi connectivity index (χ0) is 10.6. The number of carbonyl (C=O) groups excluding carboxylic acids is 1. The van der Waals surface area contributed by atoms with Crippen molar-refractivity contribution in [3.05, 3.63) is 29.8 Å². The molecule has 0 spiro atoms. The summed E-state index contributed by atoms with van der Waals surface area (Å²) < 4.78 is 29.1. The topological polar surface area (TPSA) is 26.3 Å². The van der Waals surface area contributed by atoms with Crippen molar-refractivity contribution in [2.75, 3.05) is 0 Å². The van der Waals surface area contributed by atoms with E-state index in [1.54, 1.807) is 6.92 Å². The Balaban J connectivity index is 2.69. The van der Waals surface area contributed by atoms with E-state index in [0.717, 1.165) is 0 Å². The molecule has 1 aromatic rings. The maximum absolute atomic E-state index is 12.1. The summed E-state index contributed by atoms with van der Waals surface area (Å²) in [5.74, 6) is -0.0870. The summed E-state index contributed by atoms with van der Waals surface area (Å²) in [5.41, 5.74) is -0.0821. The first-order valence-electron chi connectivity index (χ1n) is 4.22. The van der Waals surface area contributed by atoms with Crippen molar-refractivity contribution in [3.8, 4) is 5.75 Å². The van der Waals surface area contributed by atoms with Crippen molar-refractivity contribution in [1.29, 1.82) is 0 Å². The molecule has 76 valence electrons. The van der Waals surface area contributed by atoms with Gasteiger partial charge in [-0.2, -0.15) is 0 Å². The van der Waals surface area contributed by atoms with Crippen LogP contribution in [0.4, 0.5) is 8.78 Å². The number of alkyl halides is 2. The number of carbonyl (C=O) groups is 1. The lowest BCUT2D eigenvalue weighted by atomic mass is 10.2. The van der Waals surface area contributed by atoms with Crippen LogP contribution in [0.25, 0.3) is 0 Å². The molecule has 0 fully saturated rings. The van der Waals surface area contributed by atoms with Gasteiger partial charge in [0.2, 0.25) is 0 Å². The van der Waals surface area contributed by atoms with Gasteiger partial charge in [0.1, 0.15) is 5.75 Å². The van der Waals surface area contributed by atoms with E-state index >= 15 is 0 Å². The zero-order valence-electron chi connectivity index (χ0n) is 7.67. The zero-order valence-corrected chi connectivity index (χ0v) is 7.67. The van der Waals surface area contributed by atoms with E-state index in [-0.39, 0.29) is 18.0 Å². The van der Waals surface area contributed by atoms with Crippen molar-refractivity contribution >= 4 is 5.97 Å². The fourth-order valence-corrected chi connectivity index (χ4v) is 0.885. The minimum absolute atomic E-state index is 0.0821. The molecule has 0 radical (unpaired) electrons. The lowest BCUT2D eigenvalue weighted by Gasteiger charge is -2.03. The third-order valence-corrected chi connectivity index (χ3v) is 1.65. The standard InChI is InChI=1S/C10H10F2O2/c1-2-9(13)14-8-5-3-7(4-6-8)10(11)12/h3-6,10H,2H2,1H3. The Labute approximate surface area is 80.5 Å². The molecule has 4 heteroatoms. The second-order valence-electron chi connectivity index (χ2n) is 2.70. The summed E-state index contributed by atoms with van der Waals surface area (Å²) >= 11 is 0. The first-order chi connectivity index (χ1) is 6.63. The van der Waals surface area contributed by atoms with Crippen molar-refractivity contribution in [2.24, 2.45) is 0 Å². The molecule has 0 amide bonds. The van der Waals surface area contributed by atoms with E-state index in [9.17, 15) is 13.6 Å². The van der Waals surface area contributed by atoms with E-state index in [1.165, 1.54) is 24.3 Å². The highest BCUT2D eigenvalue weighted by Crippen LogP contribution is 2.21. The van der Waals surface area contributed by atoms with Gasteiger partial charge in [0, 0.05) is 12.0 Å². The van der Waals surface area contributed by atoms with Crippen LogP contribution in [0.1, 0.15) is 25.3 Å². The van der Waals surface area contributed by atoms with Crippen LogP contribution in [0.3, 0.4) is 0 Å². The minimum atomic E-state index is -2.49. The predicted molar refractivity (Wildman–Crippen MR) is 47.3 cm³/mol. The van der Waals surface area contributed by atoms with Crippen molar-refractivity contribution < 1.29 is 18.3 Å². The Morgan fingerprint density at radius 2 is 1.93 bits per heavy atom. The van der Waals surface area contributed by atoms with Crippen LogP contribution in [0.15, 0.2) is 24.3 Å². The van der Waals surface area contributed by atoms with Gasteiger partial charge in [-0.15, -0.1) is 0 Å². The normalized spacial score (nSPS) is 10.3. The number of ether oxygens (including phenoxy) is 1. The van der Waals surface area contributed by atoms with E-state index in [4.69, 9.17) is 4.74 Å². The molecular weight excluding hydrogens is 190 g/mol. The molecule has 0 saturated heterocycles. The fraction of sp³-hybridized carbons (Fsp3) is 0.300. The van der Waals surface area contributed by atoms with Crippen LogP contribution in [0.5, 0.6) is 5.75 Å². The molecular formula is C10H10F2O2. The molecule has 0 saturated carbocycles.